The molecule has 104 valence electrons. The van der Waals surface area contributed by atoms with Crippen LogP contribution in [0.5, 0.6) is 0 Å². The van der Waals surface area contributed by atoms with E-state index < -0.39 is 0 Å². The van der Waals surface area contributed by atoms with Crippen molar-refractivity contribution in [3.05, 3.63) is 60.2 Å². The van der Waals surface area contributed by atoms with E-state index in [-0.39, 0.29) is 11.9 Å². The van der Waals surface area contributed by atoms with Crippen molar-refractivity contribution >= 4 is 5.91 Å². The first kappa shape index (κ1) is 14.3. The fraction of sp³-hybridized carbons (Fsp3) is 0.235. The third kappa shape index (κ3) is 3.45. The van der Waals surface area contributed by atoms with Gasteiger partial charge < -0.3 is 10.1 Å². The zero-order valence-corrected chi connectivity index (χ0v) is 11.8. The van der Waals surface area contributed by atoms with Crippen LogP contribution in [0.1, 0.15) is 17.3 Å². The van der Waals surface area contributed by atoms with Crippen molar-refractivity contribution in [3.8, 4) is 11.1 Å². The van der Waals surface area contributed by atoms with E-state index in [2.05, 4.69) is 5.32 Å². The topological polar surface area (TPSA) is 38.3 Å². The molecular formula is C17H19NO2. The number of nitrogens with one attached hydrogen (secondary N) is 1. The number of methoxy groups -OCH3 is 1. The summed E-state index contributed by atoms with van der Waals surface area (Å²) in [5.41, 5.74) is 2.66. The SMILES string of the molecule is COC[C@@H](C)NC(=O)c1ccccc1-c1ccccc1. The Balaban J connectivity index is 2.26. The van der Waals surface area contributed by atoms with Gasteiger partial charge in [0.1, 0.15) is 0 Å². The second-order valence-electron chi connectivity index (χ2n) is 4.74. The molecule has 2 aromatic rings. The summed E-state index contributed by atoms with van der Waals surface area (Å²) >= 11 is 0. The van der Waals surface area contributed by atoms with E-state index in [4.69, 9.17) is 4.74 Å². The van der Waals surface area contributed by atoms with Gasteiger partial charge in [-0.05, 0) is 24.1 Å². The first-order chi connectivity index (χ1) is 9.72. The summed E-state index contributed by atoms with van der Waals surface area (Å²) in [6, 6.07) is 17.5. The fourth-order valence-electron chi connectivity index (χ4n) is 2.14. The van der Waals surface area contributed by atoms with Gasteiger partial charge in [-0.3, -0.25) is 4.79 Å². The largest absolute Gasteiger partial charge is 0.383 e. The Morgan fingerprint density at radius 1 is 1.10 bits per heavy atom. The Kier molecular flexibility index (Phi) is 4.91. The molecule has 3 heteroatoms. The summed E-state index contributed by atoms with van der Waals surface area (Å²) in [5, 5.41) is 2.94. The highest BCUT2D eigenvalue weighted by Gasteiger charge is 2.14. The van der Waals surface area contributed by atoms with E-state index in [9.17, 15) is 4.79 Å². The van der Waals surface area contributed by atoms with E-state index in [1.54, 1.807) is 7.11 Å². The summed E-state index contributed by atoms with van der Waals surface area (Å²) in [6.07, 6.45) is 0. The summed E-state index contributed by atoms with van der Waals surface area (Å²) < 4.78 is 5.04. The molecule has 1 amide bonds. The second kappa shape index (κ2) is 6.87. The Morgan fingerprint density at radius 2 is 1.75 bits per heavy atom. The lowest BCUT2D eigenvalue weighted by atomic mass is 9.99. The van der Waals surface area contributed by atoms with Crippen molar-refractivity contribution in [1.82, 2.24) is 5.32 Å². The molecule has 0 aromatic heterocycles. The van der Waals surface area contributed by atoms with Gasteiger partial charge in [0.25, 0.3) is 5.91 Å². The van der Waals surface area contributed by atoms with E-state index in [0.29, 0.717) is 12.2 Å². The van der Waals surface area contributed by atoms with Crippen LogP contribution in [0.25, 0.3) is 11.1 Å². The molecule has 20 heavy (non-hydrogen) atoms. The van der Waals surface area contributed by atoms with E-state index in [0.717, 1.165) is 11.1 Å². The molecule has 0 bridgehead atoms. The number of hydrogen-bond donors (Lipinski definition) is 1. The van der Waals surface area contributed by atoms with Gasteiger partial charge >= 0.3 is 0 Å². The smallest absolute Gasteiger partial charge is 0.252 e. The molecule has 0 saturated carbocycles. The maximum absolute atomic E-state index is 12.4. The van der Waals surface area contributed by atoms with Crippen molar-refractivity contribution in [2.75, 3.05) is 13.7 Å². The number of amides is 1. The number of ether oxygens (including phenoxy) is 1. The van der Waals surface area contributed by atoms with Crippen LogP contribution < -0.4 is 5.32 Å². The number of hydrogen-bond acceptors (Lipinski definition) is 2. The van der Waals surface area contributed by atoms with E-state index >= 15 is 0 Å². The number of rotatable bonds is 5. The summed E-state index contributed by atoms with van der Waals surface area (Å²) in [7, 11) is 1.63. The van der Waals surface area contributed by atoms with Crippen LogP contribution in [-0.4, -0.2) is 25.7 Å². The van der Waals surface area contributed by atoms with Crippen LogP contribution in [0, 0.1) is 0 Å². The summed E-state index contributed by atoms with van der Waals surface area (Å²) in [6.45, 7) is 2.42. The second-order valence-corrected chi connectivity index (χ2v) is 4.74. The lowest BCUT2D eigenvalue weighted by molar-refractivity contribution is 0.0906. The standard InChI is InChI=1S/C17H19NO2/c1-13(12-20-2)18-17(19)16-11-7-6-10-15(16)14-8-4-3-5-9-14/h3-11,13H,12H2,1-2H3,(H,18,19)/t13-/m1/s1. The van der Waals surface area contributed by atoms with Gasteiger partial charge in [-0.2, -0.15) is 0 Å². The number of carbonyl (C=O) groups is 1. The first-order valence-electron chi connectivity index (χ1n) is 6.66. The zero-order valence-electron chi connectivity index (χ0n) is 11.8. The summed E-state index contributed by atoms with van der Waals surface area (Å²) in [5.74, 6) is -0.0750. The average Bonchev–Trinajstić information content (AvgIpc) is 2.48. The summed E-state index contributed by atoms with van der Waals surface area (Å²) in [4.78, 5) is 12.4. The Bertz CT molecular complexity index is 566. The monoisotopic (exact) mass is 269 g/mol. The molecule has 0 aliphatic carbocycles. The van der Waals surface area contributed by atoms with Crippen LogP contribution in [0.3, 0.4) is 0 Å². The quantitative estimate of drug-likeness (QED) is 0.905. The molecule has 2 aromatic carbocycles. The first-order valence-corrected chi connectivity index (χ1v) is 6.66. The normalized spacial score (nSPS) is 11.9. The predicted molar refractivity (Wildman–Crippen MR) is 80.7 cm³/mol. The zero-order chi connectivity index (χ0) is 14.4. The van der Waals surface area contributed by atoms with Crippen LogP contribution in [-0.2, 0) is 4.74 Å². The minimum Gasteiger partial charge on any atom is -0.383 e. The number of carbonyl (C=O) groups excluding carboxylic acids is 1. The molecular weight excluding hydrogens is 250 g/mol. The van der Waals surface area contributed by atoms with Gasteiger partial charge in [0.15, 0.2) is 0 Å². The molecule has 1 N–H and O–H groups in total. The molecule has 1 atom stereocenters. The van der Waals surface area contributed by atoms with Crippen molar-refractivity contribution in [1.29, 1.82) is 0 Å². The molecule has 0 unspecified atom stereocenters. The average molecular weight is 269 g/mol. The highest BCUT2D eigenvalue weighted by atomic mass is 16.5. The van der Waals surface area contributed by atoms with Crippen LogP contribution in [0.4, 0.5) is 0 Å². The highest BCUT2D eigenvalue weighted by molar-refractivity contribution is 6.01. The van der Waals surface area contributed by atoms with Crippen molar-refractivity contribution in [3.63, 3.8) is 0 Å². The highest BCUT2D eigenvalue weighted by Crippen LogP contribution is 2.23. The van der Waals surface area contributed by atoms with Gasteiger partial charge in [-0.15, -0.1) is 0 Å². The molecule has 0 aliphatic heterocycles. The molecule has 2 rings (SSSR count). The molecule has 0 heterocycles. The van der Waals surface area contributed by atoms with Crippen LogP contribution >= 0.6 is 0 Å². The molecule has 0 fully saturated rings. The van der Waals surface area contributed by atoms with Crippen molar-refractivity contribution in [2.45, 2.75) is 13.0 Å². The molecule has 0 spiro atoms. The molecule has 0 aliphatic rings. The Hall–Kier alpha value is -2.13. The Morgan fingerprint density at radius 3 is 2.45 bits per heavy atom. The van der Waals surface area contributed by atoms with E-state index in [1.165, 1.54) is 0 Å². The fourth-order valence-corrected chi connectivity index (χ4v) is 2.14. The third-order valence-electron chi connectivity index (χ3n) is 3.05. The van der Waals surface area contributed by atoms with Crippen molar-refractivity contribution in [2.24, 2.45) is 0 Å². The van der Waals surface area contributed by atoms with Gasteiger partial charge in [-0.25, -0.2) is 0 Å². The molecule has 3 nitrogen and oxygen atoms in total. The minimum atomic E-state index is -0.0750. The minimum absolute atomic E-state index is 0.0173. The van der Waals surface area contributed by atoms with E-state index in [1.807, 2.05) is 61.5 Å². The molecule has 0 saturated heterocycles. The lowest BCUT2D eigenvalue weighted by Crippen LogP contribution is -2.35. The third-order valence-corrected chi connectivity index (χ3v) is 3.05. The van der Waals surface area contributed by atoms with Gasteiger partial charge in [0.2, 0.25) is 0 Å². The molecule has 0 radical (unpaired) electrons. The Labute approximate surface area is 119 Å². The maximum Gasteiger partial charge on any atom is 0.252 e. The lowest BCUT2D eigenvalue weighted by Gasteiger charge is -2.15. The van der Waals surface area contributed by atoms with Gasteiger partial charge in [-0.1, -0.05) is 48.5 Å². The van der Waals surface area contributed by atoms with Crippen LogP contribution in [0.2, 0.25) is 0 Å². The predicted octanol–water partition coefficient (Wildman–Crippen LogP) is 3.12. The number of benzene rings is 2. The van der Waals surface area contributed by atoms with Gasteiger partial charge in [0.05, 0.1) is 6.61 Å². The maximum atomic E-state index is 12.4. The van der Waals surface area contributed by atoms with Crippen LogP contribution in [0.15, 0.2) is 54.6 Å². The van der Waals surface area contributed by atoms with Gasteiger partial charge in [0, 0.05) is 18.7 Å². The van der Waals surface area contributed by atoms with Crippen molar-refractivity contribution < 1.29 is 9.53 Å².